The van der Waals surface area contributed by atoms with Crippen molar-refractivity contribution in [3.63, 3.8) is 0 Å². The highest BCUT2D eigenvalue weighted by Gasteiger charge is 2.16. The molecule has 2 aromatic carbocycles. The van der Waals surface area contributed by atoms with Crippen molar-refractivity contribution in [1.82, 2.24) is 10.3 Å². The number of hydrogen-bond donors (Lipinski definition) is 2. The number of nitrogens with one attached hydrogen (secondary N) is 1. The summed E-state index contributed by atoms with van der Waals surface area (Å²) in [6.07, 6.45) is 0. The average molecular weight is 440 g/mol. The van der Waals surface area contributed by atoms with E-state index in [1.807, 2.05) is 6.07 Å². The fourth-order valence-corrected chi connectivity index (χ4v) is 3.84. The molecule has 0 unspecified atom stereocenters. The van der Waals surface area contributed by atoms with Gasteiger partial charge in [-0.3, -0.25) is 0 Å². The van der Waals surface area contributed by atoms with Crippen molar-refractivity contribution in [2.75, 3.05) is 31.1 Å². The molecule has 0 spiro atoms. The van der Waals surface area contributed by atoms with Gasteiger partial charge >= 0.3 is 0 Å². The third-order valence-electron chi connectivity index (χ3n) is 4.87. The maximum absolute atomic E-state index is 6.57. The molecule has 0 saturated carbocycles. The van der Waals surface area contributed by atoms with Gasteiger partial charge in [-0.2, -0.15) is 0 Å². The molecule has 1 aromatic heterocycles. The van der Waals surface area contributed by atoms with Crippen LogP contribution in [0.5, 0.6) is 0 Å². The van der Waals surface area contributed by atoms with Gasteiger partial charge in [-0.15, -0.1) is 24.8 Å². The molecule has 1 fully saturated rings. The lowest BCUT2D eigenvalue weighted by Gasteiger charge is -2.29. The number of halogens is 3. The van der Waals surface area contributed by atoms with Crippen LogP contribution in [-0.4, -0.2) is 31.2 Å². The topological polar surface area (TPSA) is 54.2 Å². The van der Waals surface area contributed by atoms with Gasteiger partial charge in [-0.05, 0) is 47.9 Å². The summed E-state index contributed by atoms with van der Waals surface area (Å²) in [5.41, 5.74) is 11.5. The van der Waals surface area contributed by atoms with Gasteiger partial charge in [0.25, 0.3) is 0 Å². The zero-order valence-corrected chi connectivity index (χ0v) is 18.1. The fraction of sp³-hybridized carbons (Fsp3) is 0.286. The van der Waals surface area contributed by atoms with E-state index in [0.717, 1.165) is 54.0 Å². The molecule has 0 aliphatic carbocycles. The van der Waals surface area contributed by atoms with Crippen molar-refractivity contribution >= 4 is 53.1 Å². The zero-order valence-electron chi connectivity index (χ0n) is 15.7. The molecule has 28 heavy (non-hydrogen) atoms. The summed E-state index contributed by atoms with van der Waals surface area (Å²) < 4.78 is 0. The van der Waals surface area contributed by atoms with Gasteiger partial charge in [-0.1, -0.05) is 35.4 Å². The minimum atomic E-state index is 0. The predicted molar refractivity (Wildman–Crippen MR) is 124 cm³/mol. The van der Waals surface area contributed by atoms with E-state index in [1.165, 1.54) is 11.1 Å². The number of hydrogen-bond acceptors (Lipinski definition) is 4. The van der Waals surface area contributed by atoms with Gasteiger partial charge in [0.2, 0.25) is 0 Å². The van der Waals surface area contributed by atoms with Crippen molar-refractivity contribution in [2.45, 2.75) is 13.5 Å². The summed E-state index contributed by atoms with van der Waals surface area (Å²) in [7, 11) is 0. The van der Waals surface area contributed by atoms with E-state index >= 15 is 0 Å². The van der Waals surface area contributed by atoms with E-state index < -0.39 is 0 Å². The number of aromatic nitrogens is 1. The number of fused-ring (bicyclic) bond motifs is 1. The third-order valence-corrected chi connectivity index (χ3v) is 5.15. The summed E-state index contributed by atoms with van der Waals surface area (Å²) in [4.78, 5) is 7.08. The summed E-state index contributed by atoms with van der Waals surface area (Å²) in [5.74, 6) is 0.884. The lowest BCUT2D eigenvalue weighted by Crippen LogP contribution is -2.44. The van der Waals surface area contributed by atoms with Crippen molar-refractivity contribution in [3.05, 3.63) is 58.6 Å². The van der Waals surface area contributed by atoms with Crippen molar-refractivity contribution in [2.24, 2.45) is 5.73 Å². The number of nitrogens with two attached hydrogens (primary N) is 1. The molecule has 3 N–H and O–H groups in total. The Balaban J connectivity index is 0.00000140. The standard InChI is InChI=1S/C21H23ClN4.2ClH/c1-14-8-15(13-23)10-17(9-14)16-2-3-20-18(11-16)12-19(22)21(25-20)26-6-4-24-5-7-26;;/h2-3,8-12,24H,4-7,13,23H2,1H3;2*1H. The zero-order chi connectivity index (χ0) is 18.1. The van der Waals surface area contributed by atoms with Gasteiger partial charge in [0.1, 0.15) is 5.82 Å². The number of pyridine rings is 1. The molecular formula is C21H25Cl3N4. The molecule has 7 heteroatoms. The van der Waals surface area contributed by atoms with Gasteiger partial charge in [-0.25, -0.2) is 4.98 Å². The molecule has 0 bridgehead atoms. The van der Waals surface area contributed by atoms with Crippen LogP contribution in [0.25, 0.3) is 22.0 Å². The van der Waals surface area contributed by atoms with Gasteiger partial charge in [0, 0.05) is 38.1 Å². The lowest BCUT2D eigenvalue weighted by atomic mass is 9.99. The number of anilines is 1. The molecular weight excluding hydrogens is 415 g/mol. The minimum absolute atomic E-state index is 0. The van der Waals surface area contributed by atoms with Gasteiger partial charge < -0.3 is 16.0 Å². The van der Waals surface area contributed by atoms with Crippen LogP contribution in [0.1, 0.15) is 11.1 Å². The SMILES string of the molecule is Cc1cc(CN)cc(-c2ccc3nc(N4CCNCC4)c(Cl)cc3c2)c1.Cl.Cl. The van der Waals surface area contributed by atoms with Crippen molar-refractivity contribution in [1.29, 1.82) is 0 Å². The lowest BCUT2D eigenvalue weighted by molar-refractivity contribution is 0.585. The van der Waals surface area contributed by atoms with Crippen LogP contribution in [0.2, 0.25) is 5.02 Å². The first-order valence-corrected chi connectivity index (χ1v) is 9.39. The Labute approximate surface area is 183 Å². The Hall–Kier alpha value is -1.56. The summed E-state index contributed by atoms with van der Waals surface area (Å²) in [5, 5.41) is 5.13. The molecule has 2 heterocycles. The van der Waals surface area contributed by atoms with Gasteiger partial charge in [0.05, 0.1) is 10.5 Å². The maximum atomic E-state index is 6.57. The highest BCUT2D eigenvalue weighted by atomic mass is 35.5. The molecule has 0 amide bonds. The summed E-state index contributed by atoms with van der Waals surface area (Å²) in [6, 6.07) is 14.9. The molecule has 1 aliphatic rings. The van der Waals surface area contributed by atoms with E-state index in [1.54, 1.807) is 0 Å². The average Bonchev–Trinajstić information content (AvgIpc) is 2.67. The second-order valence-electron chi connectivity index (χ2n) is 6.85. The third kappa shape index (κ3) is 4.70. The number of benzene rings is 2. The van der Waals surface area contributed by atoms with Crippen LogP contribution in [0.3, 0.4) is 0 Å². The van der Waals surface area contributed by atoms with Crippen LogP contribution in [0.15, 0.2) is 42.5 Å². The number of piperazine rings is 1. The largest absolute Gasteiger partial charge is 0.353 e. The van der Waals surface area contributed by atoms with Crippen LogP contribution in [-0.2, 0) is 6.54 Å². The Kier molecular flexibility index (Phi) is 7.93. The molecule has 4 rings (SSSR count). The Morgan fingerprint density at radius 1 is 1.04 bits per heavy atom. The molecule has 1 saturated heterocycles. The first kappa shape index (κ1) is 22.7. The van der Waals surface area contributed by atoms with E-state index in [4.69, 9.17) is 22.3 Å². The smallest absolute Gasteiger partial charge is 0.148 e. The second-order valence-corrected chi connectivity index (χ2v) is 7.26. The highest BCUT2D eigenvalue weighted by molar-refractivity contribution is 6.33. The Morgan fingerprint density at radius 2 is 1.79 bits per heavy atom. The Morgan fingerprint density at radius 3 is 2.50 bits per heavy atom. The molecule has 0 radical (unpaired) electrons. The number of rotatable bonds is 3. The number of nitrogens with zero attached hydrogens (tertiary/aromatic N) is 2. The predicted octanol–water partition coefficient (Wildman–Crippen LogP) is 4.58. The van der Waals surface area contributed by atoms with E-state index in [-0.39, 0.29) is 24.8 Å². The monoisotopic (exact) mass is 438 g/mol. The molecule has 150 valence electrons. The molecule has 4 nitrogen and oxygen atoms in total. The highest BCUT2D eigenvalue weighted by Crippen LogP contribution is 2.31. The van der Waals surface area contributed by atoms with Crippen molar-refractivity contribution < 1.29 is 0 Å². The first-order chi connectivity index (χ1) is 12.6. The normalized spacial score (nSPS) is 13.8. The van der Waals surface area contributed by atoms with E-state index in [2.05, 4.69) is 53.5 Å². The van der Waals surface area contributed by atoms with Crippen LogP contribution in [0.4, 0.5) is 5.82 Å². The number of aryl methyl sites for hydroxylation is 1. The Bertz CT molecular complexity index is 956. The summed E-state index contributed by atoms with van der Waals surface area (Å²) >= 11 is 6.57. The molecule has 0 atom stereocenters. The van der Waals surface area contributed by atoms with Crippen molar-refractivity contribution in [3.8, 4) is 11.1 Å². The van der Waals surface area contributed by atoms with E-state index in [0.29, 0.717) is 11.6 Å². The molecule has 3 aromatic rings. The van der Waals surface area contributed by atoms with Crippen LogP contribution in [0, 0.1) is 6.92 Å². The minimum Gasteiger partial charge on any atom is -0.353 e. The second kappa shape index (κ2) is 9.77. The maximum Gasteiger partial charge on any atom is 0.148 e. The van der Waals surface area contributed by atoms with Gasteiger partial charge in [0.15, 0.2) is 0 Å². The summed E-state index contributed by atoms with van der Waals surface area (Å²) in [6.45, 7) is 6.44. The van der Waals surface area contributed by atoms with Crippen LogP contribution < -0.4 is 16.0 Å². The first-order valence-electron chi connectivity index (χ1n) is 9.01. The quantitative estimate of drug-likeness (QED) is 0.627. The molecule has 1 aliphatic heterocycles. The van der Waals surface area contributed by atoms with E-state index in [9.17, 15) is 0 Å². The van der Waals surface area contributed by atoms with Crippen LogP contribution >= 0.6 is 36.4 Å². The fourth-order valence-electron chi connectivity index (χ4n) is 3.57.